The van der Waals surface area contributed by atoms with Crippen LogP contribution in [0.25, 0.3) is 0 Å². The van der Waals surface area contributed by atoms with Gasteiger partial charge in [0.2, 0.25) is 0 Å². The number of carbonyl (C=O) groups excluding carboxylic acids is 1. The molecule has 1 aromatic heterocycles. The van der Waals surface area contributed by atoms with Crippen molar-refractivity contribution in [2.75, 3.05) is 18.5 Å². The van der Waals surface area contributed by atoms with Crippen molar-refractivity contribution in [2.45, 2.75) is 25.2 Å². The highest BCUT2D eigenvalue weighted by molar-refractivity contribution is 6.34. The van der Waals surface area contributed by atoms with Crippen LogP contribution in [0.5, 0.6) is 0 Å². The normalized spacial score (nSPS) is 22.3. The third-order valence-corrected chi connectivity index (χ3v) is 4.65. The number of aromatic nitrogens is 2. The fourth-order valence-corrected chi connectivity index (χ4v) is 3.09. The van der Waals surface area contributed by atoms with Crippen LogP contribution in [0.1, 0.15) is 29.5 Å². The van der Waals surface area contributed by atoms with E-state index in [0.29, 0.717) is 0 Å². The van der Waals surface area contributed by atoms with Gasteiger partial charge in [0, 0.05) is 11.3 Å². The number of carbonyl (C=O) groups is 1. The number of ether oxygens (including phenoxy) is 1. The number of aliphatic imine (C=N–C) groups is 1. The van der Waals surface area contributed by atoms with Crippen molar-refractivity contribution >= 4 is 29.0 Å². The number of benzene rings is 1. The molecule has 7 nitrogen and oxygen atoms in total. The molecule has 1 aliphatic heterocycles. The standard InChI is InChI=1S/C17H16ClF4N5O2/c1-17(12(20)6-29-7-13(23)25-17)9-4-8(2-3-11(9)19)24-15(28)14-10(18)5-27(26-14)16(21)22/h2-5,12,16H,6-7H2,1H3,(H2,23,25)(H,24,28)/t12-,17+/m0/s1. The van der Waals surface area contributed by atoms with E-state index in [1.54, 1.807) is 0 Å². The molecule has 0 bridgehead atoms. The molecule has 29 heavy (non-hydrogen) atoms. The van der Waals surface area contributed by atoms with Crippen molar-refractivity contribution in [3.63, 3.8) is 0 Å². The van der Waals surface area contributed by atoms with E-state index >= 15 is 0 Å². The number of anilines is 1. The van der Waals surface area contributed by atoms with E-state index in [2.05, 4.69) is 15.4 Å². The van der Waals surface area contributed by atoms with Gasteiger partial charge in [0.25, 0.3) is 5.91 Å². The summed E-state index contributed by atoms with van der Waals surface area (Å²) < 4.78 is 59.9. The van der Waals surface area contributed by atoms with Crippen LogP contribution >= 0.6 is 11.6 Å². The molecule has 2 atom stereocenters. The summed E-state index contributed by atoms with van der Waals surface area (Å²) in [5.41, 5.74) is 3.43. The van der Waals surface area contributed by atoms with E-state index < -0.39 is 35.7 Å². The second-order valence-corrected chi connectivity index (χ2v) is 6.87. The number of nitrogens with zero attached hydrogens (tertiary/aromatic N) is 3. The smallest absolute Gasteiger partial charge is 0.333 e. The Balaban J connectivity index is 1.93. The van der Waals surface area contributed by atoms with Crippen LogP contribution in [0, 0.1) is 5.82 Å². The fourth-order valence-electron chi connectivity index (χ4n) is 2.86. The third-order valence-electron chi connectivity index (χ3n) is 4.37. The summed E-state index contributed by atoms with van der Waals surface area (Å²) in [7, 11) is 0. The largest absolute Gasteiger partial charge is 0.386 e. The molecule has 0 unspecified atom stereocenters. The maximum atomic E-state index is 14.7. The monoisotopic (exact) mass is 433 g/mol. The average Bonchev–Trinajstić information content (AvgIpc) is 2.99. The van der Waals surface area contributed by atoms with Crippen molar-refractivity contribution in [2.24, 2.45) is 10.7 Å². The summed E-state index contributed by atoms with van der Waals surface area (Å²) >= 11 is 5.77. The minimum absolute atomic E-state index is 0.00851. The molecular formula is C17H16ClF4N5O2. The second kappa shape index (κ2) is 7.99. The summed E-state index contributed by atoms with van der Waals surface area (Å²) in [5.74, 6) is -1.68. The average molecular weight is 434 g/mol. The Morgan fingerprint density at radius 3 is 2.86 bits per heavy atom. The lowest BCUT2D eigenvalue weighted by molar-refractivity contribution is 0.0561. The lowest BCUT2D eigenvalue weighted by Crippen LogP contribution is -2.35. The van der Waals surface area contributed by atoms with E-state index in [0.717, 1.165) is 12.3 Å². The maximum Gasteiger partial charge on any atom is 0.333 e. The van der Waals surface area contributed by atoms with Crippen LogP contribution in [-0.4, -0.2) is 40.9 Å². The predicted octanol–water partition coefficient (Wildman–Crippen LogP) is 3.26. The van der Waals surface area contributed by atoms with Crippen LogP contribution in [0.15, 0.2) is 29.4 Å². The molecule has 3 rings (SSSR count). The number of rotatable bonds is 4. The van der Waals surface area contributed by atoms with Crippen molar-refractivity contribution in [1.29, 1.82) is 0 Å². The van der Waals surface area contributed by atoms with E-state index in [-0.39, 0.29) is 40.0 Å². The molecular weight excluding hydrogens is 418 g/mol. The zero-order chi connectivity index (χ0) is 21.3. The predicted molar refractivity (Wildman–Crippen MR) is 97.5 cm³/mol. The Labute approximate surface area is 167 Å². The number of halogens is 5. The summed E-state index contributed by atoms with van der Waals surface area (Å²) in [6.07, 6.45) is -0.908. The molecule has 1 aromatic carbocycles. The molecule has 1 amide bonds. The van der Waals surface area contributed by atoms with Gasteiger partial charge in [-0.05, 0) is 25.1 Å². The van der Waals surface area contributed by atoms with E-state index in [9.17, 15) is 22.4 Å². The van der Waals surface area contributed by atoms with Gasteiger partial charge < -0.3 is 15.8 Å². The lowest BCUT2D eigenvalue weighted by Gasteiger charge is -2.28. The summed E-state index contributed by atoms with van der Waals surface area (Å²) in [4.78, 5) is 16.4. The summed E-state index contributed by atoms with van der Waals surface area (Å²) in [5, 5.41) is 5.50. The molecule has 0 saturated carbocycles. The van der Waals surface area contributed by atoms with Crippen molar-refractivity contribution in [3.05, 3.63) is 46.5 Å². The van der Waals surface area contributed by atoms with Crippen molar-refractivity contribution < 1.29 is 27.1 Å². The number of amides is 1. The molecule has 0 saturated heterocycles. The minimum Gasteiger partial charge on any atom is -0.386 e. The van der Waals surface area contributed by atoms with Gasteiger partial charge in [-0.2, -0.15) is 13.9 Å². The molecule has 12 heteroatoms. The number of hydrogen-bond donors (Lipinski definition) is 2. The first-order valence-corrected chi connectivity index (χ1v) is 8.70. The van der Waals surface area contributed by atoms with Gasteiger partial charge in [-0.3, -0.25) is 9.79 Å². The molecule has 0 radical (unpaired) electrons. The highest BCUT2D eigenvalue weighted by Gasteiger charge is 2.40. The molecule has 1 aliphatic rings. The molecule has 0 fully saturated rings. The number of nitrogens with one attached hydrogen (secondary N) is 1. The second-order valence-electron chi connectivity index (χ2n) is 6.47. The fraction of sp³-hybridized carbons (Fsp3) is 0.353. The molecule has 2 heterocycles. The van der Waals surface area contributed by atoms with Crippen molar-refractivity contribution in [3.8, 4) is 0 Å². The quantitative estimate of drug-likeness (QED) is 0.723. The first-order valence-electron chi connectivity index (χ1n) is 8.32. The van der Waals surface area contributed by atoms with Gasteiger partial charge in [0.15, 0.2) is 11.9 Å². The Kier molecular flexibility index (Phi) is 5.80. The maximum absolute atomic E-state index is 14.7. The summed E-state index contributed by atoms with van der Waals surface area (Å²) in [6, 6.07) is 3.41. The highest BCUT2D eigenvalue weighted by Crippen LogP contribution is 2.36. The Morgan fingerprint density at radius 2 is 2.21 bits per heavy atom. The van der Waals surface area contributed by atoms with Crippen LogP contribution < -0.4 is 11.1 Å². The van der Waals surface area contributed by atoms with Gasteiger partial charge in [-0.25, -0.2) is 13.5 Å². The molecule has 156 valence electrons. The molecule has 3 N–H and O–H groups in total. The van der Waals surface area contributed by atoms with E-state index in [4.69, 9.17) is 22.1 Å². The number of hydrogen-bond acceptors (Lipinski definition) is 5. The molecule has 0 aliphatic carbocycles. The Hall–Kier alpha value is -2.66. The van der Waals surface area contributed by atoms with Crippen LogP contribution in [0.3, 0.4) is 0 Å². The van der Waals surface area contributed by atoms with Gasteiger partial charge in [-0.1, -0.05) is 11.6 Å². The Bertz CT molecular complexity index is 967. The first-order chi connectivity index (χ1) is 13.6. The van der Waals surface area contributed by atoms with Gasteiger partial charge in [0.05, 0.1) is 17.8 Å². The minimum atomic E-state index is -2.98. The third kappa shape index (κ3) is 4.20. The van der Waals surface area contributed by atoms with Gasteiger partial charge >= 0.3 is 6.55 Å². The van der Waals surface area contributed by atoms with Crippen LogP contribution in [0.2, 0.25) is 5.02 Å². The number of alkyl halides is 3. The number of amidine groups is 1. The number of nitrogens with two attached hydrogens (primary N) is 1. The SMILES string of the molecule is C[C@]1(c2cc(NC(=O)c3nn(C(F)F)cc3Cl)ccc2F)N=C(N)COC[C@@H]1F. The van der Waals surface area contributed by atoms with Crippen LogP contribution in [0.4, 0.5) is 23.2 Å². The van der Waals surface area contributed by atoms with E-state index in [1.807, 2.05) is 0 Å². The van der Waals surface area contributed by atoms with Crippen molar-refractivity contribution in [1.82, 2.24) is 9.78 Å². The van der Waals surface area contributed by atoms with Crippen LogP contribution in [-0.2, 0) is 10.3 Å². The van der Waals surface area contributed by atoms with E-state index in [1.165, 1.54) is 19.1 Å². The zero-order valence-corrected chi connectivity index (χ0v) is 15.8. The molecule has 2 aromatic rings. The summed E-state index contributed by atoms with van der Waals surface area (Å²) in [6.45, 7) is -2.07. The topological polar surface area (TPSA) is 94.5 Å². The first kappa shape index (κ1) is 21.1. The zero-order valence-electron chi connectivity index (χ0n) is 15.0. The molecule has 0 spiro atoms. The Morgan fingerprint density at radius 1 is 1.48 bits per heavy atom. The lowest BCUT2D eigenvalue weighted by atomic mass is 9.87. The highest BCUT2D eigenvalue weighted by atomic mass is 35.5. The van der Waals surface area contributed by atoms with Gasteiger partial charge in [0.1, 0.15) is 23.8 Å². The van der Waals surface area contributed by atoms with Gasteiger partial charge in [-0.15, -0.1) is 0 Å².